The summed E-state index contributed by atoms with van der Waals surface area (Å²) < 4.78 is 0. The van der Waals surface area contributed by atoms with Gasteiger partial charge in [0.05, 0.1) is 6.61 Å². The highest BCUT2D eigenvalue weighted by Crippen LogP contribution is 2.26. The Hall–Kier alpha value is -1.35. The number of rotatable bonds is 7. The molecular formula is C18H29NO2. The van der Waals surface area contributed by atoms with Crippen LogP contribution in [0.4, 0.5) is 0 Å². The molecule has 1 aromatic carbocycles. The van der Waals surface area contributed by atoms with Crippen LogP contribution in [-0.2, 0) is 11.3 Å². The van der Waals surface area contributed by atoms with Gasteiger partial charge >= 0.3 is 0 Å². The highest BCUT2D eigenvalue weighted by molar-refractivity contribution is 5.76. The molecule has 0 radical (unpaired) electrons. The lowest BCUT2D eigenvalue weighted by atomic mass is 9.84. The minimum atomic E-state index is 0.00618. The van der Waals surface area contributed by atoms with E-state index in [4.69, 9.17) is 0 Å². The van der Waals surface area contributed by atoms with Gasteiger partial charge in [-0.2, -0.15) is 0 Å². The Balaban J connectivity index is 2.61. The summed E-state index contributed by atoms with van der Waals surface area (Å²) in [5.74, 6) is 0.485. The summed E-state index contributed by atoms with van der Waals surface area (Å²) in [5.41, 5.74) is 1.34. The number of carbonyl (C=O) groups excluding carboxylic acids is 1. The Morgan fingerprint density at radius 2 is 1.86 bits per heavy atom. The normalized spacial score (nSPS) is 13.0. The molecule has 0 heterocycles. The van der Waals surface area contributed by atoms with Gasteiger partial charge < -0.3 is 10.0 Å². The molecule has 0 aromatic heterocycles. The highest BCUT2D eigenvalue weighted by atomic mass is 16.3. The molecule has 1 rings (SSSR count). The van der Waals surface area contributed by atoms with Crippen LogP contribution in [0.5, 0.6) is 0 Å². The fourth-order valence-corrected chi connectivity index (χ4v) is 2.76. The standard InChI is InChI=1S/C18H29NO2/c1-15(13-18(2,3)4)12-17(21)19(10-11-20)14-16-8-6-5-7-9-16/h5-9,15,20H,10-14H2,1-4H3. The van der Waals surface area contributed by atoms with Gasteiger partial charge in [0, 0.05) is 19.5 Å². The first-order valence-electron chi connectivity index (χ1n) is 7.74. The van der Waals surface area contributed by atoms with Crippen molar-refractivity contribution in [3.8, 4) is 0 Å². The maximum absolute atomic E-state index is 12.4. The predicted molar refractivity (Wildman–Crippen MR) is 86.8 cm³/mol. The smallest absolute Gasteiger partial charge is 0.223 e. The molecular weight excluding hydrogens is 262 g/mol. The quantitative estimate of drug-likeness (QED) is 0.835. The average molecular weight is 291 g/mol. The van der Waals surface area contributed by atoms with Crippen molar-refractivity contribution >= 4 is 5.91 Å². The molecule has 0 spiro atoms. The molecule has 0 aliphatic rings. The molecule has 1 unspecified atom stereocenters. The summed E-state index contributed by atoms with van der Waals surface area (Å²) in [7, 11) is 0. The molecule has 0 bridgehead atoms. The molecule has 1 aromatic rings. The summed E-state index contributed by atoms with van der Waals surface area (Å²) in [6.45, 7) is 9.70. The van der Waals surface area contributed by atoms with Gasteiger partial charge in [-0.25, -0.2) is 0 Å². The maximum atomic E-state index is 12.4. The summed E-state index contributed by atoms with van der Waals surface area (Å²) >= 11 is 0. The van der Waals surface area contributed by atoms with Crippen molar-refractivity contribution in [2.75, 3.05) is 13.2 Å². The molecule has 0 aliphatic heterocycles. The lowest BCUT2D eigenvalue weighted by Gasteiger charge is -2.26. The average Bonchev–Trinajstić information content (AvgIpc) is 2.37. The van der Waals surface area contributed by atoms with Crippen LogP contribution in [0.15, 0.2) is 30.3 Å². The minimum absolute atomic E-state index is 0.00618. The highest BCUT2D eigenvalue weighted by Gasteiger charge is 2.21. The first-order chi connectivity index (χ1) is 9.81. The van der Waals surface area contributed by atoms with Gasteiger partial charge in [-0.3, -0.25) is 4.79 Å². The first kappa shape index (κ1) is 17.7. The van der Waals surface area contributed by atoms with Gasteiger partial charge in [0.15, 0.2) is 0 Å². The van der Waals surface area contributed by atoms with Crippen molar-refractivity contribution in [3.05, 3.63) is 35.9 Å². The monoisotopic (exact) mass is 291 g/mol. The van der Waals surface area contributed by atoms with Crippen LogP contribution in [0.2, 0.25) is 0 Å². The van der Waals surface area contributed by atoms with E-state index in [0.29, 0.717) is 25.4 Å². The third-order valence-electron chi connectivity index (χ3n) is 3.42. The third-order valence-corrected chi connectivity index (χ3v) is 3.42. The molecule has 118 valence electrons. The largest absolute Gasteiger partial charge is 0.395 e. The summed E-state index contributed by atoms with van der Waals surface area (Å²) in [5, 5.41) is 9.19. The van der Waals surface area contributed by atoms with Crippen LogP contribution in [-0.4, -0.2) is 29.1 Å². The first-order valence-corrected chi connectivity index (χ1v) is 7.74. The third kappa shape index (κ3) is 7.28. The Morgan fingerprint density at radius 3 is 2.38 bits per heavy atom. The topological polar surface area (TPSA) is 40.5 Å². The molecule has 1 atom stereocenters. The van der Waals surface area contributed by atoms with Crippen molar-refractivity contribution in [2.45, 2.75) is 47.1 Å². The minimum Gasteiger partial charge on any atom is -0.395 e. The molecule has 0 aliphatic carbocycles. The van der Waals surface area contributed by atoms with Gasteiger partial charge in [0.1, 0.15) is 0 Å². The van der Waals surface area contributed by atoms with Crippen LogP contribution in [0.3, 0.4) is 0 Å². The summed E-state index contributed by atoms with van der Waals surface area (Å²) in [6, 6.07) is 9.93. The molecule has 0 fully saturated rings. The Kier molecular flexibility index (Phi) is 6.90. The van der Waals surface area contributed by atoms with Crippen molar-refractivity contribution in [1.29, 1.82) is 0 Å². The van der Waals surface area contributed by atoms with Crippen LogP contribution in [0.25, 0.3) is 0 Å². The molecule has 0 saturated heterocycles. The zero-order valence-corrected chi connectivity index (χ0v) is 13.8. The molecule has 3 heteroatoms. The fourth-order valence-electron chi connectivity index (χ4n) is 2.76. The van der Waals surface area contributed by atoms with E-state index in [1.54, 1.807) is 4.90 Å². The summed E-state index contributed by atoms with van der Waals surface area (Å²) in [4.78, 5) is 14.2. The van der Waals surface area contributed by atoms with Crippen molar-refractivity contribution in [3.63, 3.8) is 0 Å². The lowest BCUT2D eigenvalue weighted by molar-refractivity contribution is -0.133. The van der Waals surface area contributed by atoms with Gasteiger partial charge in [0.25, 0.3) is 0 Å². The lowest BCUT2D eigenvalue weighted by Crippen LogP contribution is -2.34. The van der Waals surface area contributed by atoms with Gasteiger partial charge in [0.2, 0.25) is 5.91 Å². The number of carbonyl (C=O) groups is 1. The number of hydrogen-bond acceptors (Lipinski definition) is 2. The SMILES string of the molecule is CC(CC(=O)N(CCO)Cc1ccccc1)CC(C)(C)C. The van der Waals surface area contributed by atoms with E-state index < -0.39 is 0 Å². The second-order valence-corrected chi connectivity index (χ2v) is 7.10. The van der Waals surface area contributed by atoms with E-state index in [1.165, 1.54) is 0 Å². The zero-order chi connectivity index (χ0) is 15.9. The number of amides is 1. The van der Waals surface area contributed by atoms with E-state index >= 15 is 0 Å². The van der Waals surface area contributed by atoms with Crippen molar-refractivity contribution in [1.82, 2.24) is 4.90 Å². The van der Waals surface area contributed by atoms with Crippen LogP contribution >= 0.6 is 0 Å². The van der Waals surface area contributed by atoms with E-state index in [9.17, 15) is 9.90 Å². The summed E-state index contributed by atoms with van der Waals surface area (Å²) in [6.07, 6.45) is 1.57. The number of benzene rings is 1. The number of aliphatic hydroxyl groups is 1. The van der Waals surface area contributed by atoms with Gasteiger partial charge in [-0.05, 0) is 23.3 Å². The van der Waals surface area contributed by atoms with E-state index in [-0.39, 0.29) is 17.9 Å². The second-order valence-electron chi connectivity index (χ2n) is 7.10. The Bertz CT molecular complexity index is 423. The van der Waals surface area contributed by atoms with Crippen LogP contribution < -0.4 is 0 Å². The van der Waals surface area contributed by atoms with Crippen molar-refractivity contribution in [2.24, 2.45) is 11.3 Å². The van der Waals surface area contributed by atoms with E-state index in [2.05, 4.69) is 27.7 Å². The van der Waals surface area contributed by atoms with Gasteiger partial charge in [-0.15, -0.1) is 0 Å². The Morgan fingerprint density at radius 1 is 1.24 bits per heavy atom. The maximum Gasteiger partial charge on any atom is 0.223 e. The van der Waals surface area contributed by atoms with Crippen LogP contribution in [0.1, 0.15) is 46.1 Å². The van der Waals surface area contributed by atoms with E-state index in [0.717, 1.165) is 12.0 Å². The van der Waals surface area contributed by atoms with E-state index in [1.807, 2.05) is 30.3 Å². The molecule has 0 saturated carbocycles. The van der Waals surface area contributed by atoms with Crippen molar-refractivity contribution < 1.29 is 9.90 Å². The second kappa shape index (κ2) is 8.18. The van der Waals surface area contributed by atoms with Crippen LogP contribution in [0, 0.1) is 11.3 Å². The predicted octanol–water partition coefficient (Wildman–Crippen LogP) is 3.47. The molecule has 21 heavy (non-hydrogen) atoms. The zero-order valence-electron chi connectivity index (χ0n) is 13.8. The number of aliphatic hydroxyl groups excluding tert-OH is 1. The number of hydrogen-bond donors (Lipinski definition) is 1. The fraction of sp³-hybridized carbons (Fsp3) is 0.611. The molecule has 3 nitrogen and oxygen atoms in total. The number of nitrogens with zero attached hydrogens (tertiary/aromatic N) is 1. The molecule has 1 amide bonds. The Labute approximate surface area is 129 Å². The molecule has 1 N–H and O–H groups in total. The van der Waals surface area contributed by atoms with Gasteiger partial charge in [-0.1, -0.05) is 58.0 Å².